The van der Waals surface area contributed by atoms with E-state index in [-0.39, 0.29) is 5.92 Å². The number of carbonyl (C=O) groups is 2. The van der Waals surface area contributed by atoms with Crippen molar-refractivity contribution in [1.82, 2.24) is 0 Å². The highest BCUT2D eigenvalue weighted by molar-refractivity contribution is 6.42. The second-order valence-electron chi connectivity index (χ2n) is 4.46. The van der Waals surface area contributed by atoms with E-state index in [1.165, 1.54) is 12.5 Å². The Hall–Kier alpha value is -1.06. The van der Waals surface area contributed by atoms with Gasteiger partial charge in [-0.05, 0) is 25.0 Å². The molecule has 19 heavy (non-hydrogen) atoms. The van der Waals surface area contributed by atoms with Crippen molar-refractivity contribution >= 4 is 35.5 Å². The van der Waals surface area contributed by atoms with Gasteiger partial charge in [0.05, 0.1) is 16.0 Å². The normalized spacial score (nSPS) is 15.3. The van der Waals surface area contributed by atoms with Crippen molar-refractivity contribution in [2.45, 2.75) is 32.1 Å². The van der Waals surface area contributed by atoms with Crippen LogP contribution in [0, 0.1) is 5.92 Å². The molecule has 0 radical (unpaired) electrons. The molecule has 1 saturated carbocycles. The predicted molar refractivity (Wildman–Crippen MR) is 76.1 cm³/mol. The van der Waals surface area contributed by atoms with Gasteiger partial charge in [0.25, 0.3) is 0 Å². The fourth-order valence-electron chi connectivity index (χ4n) is 1.94. The van der Waals surface area contributed by atoms with Gasteiger partial charge in [-0.25, -0.2) is 0 Å². The van der Waals surface area contributed by atoms with Crippen molar-refractivity contribution in [3.05, 3.63) is 33.8 Å². The van der Waals surface area contributed by atoms with E-state index in [4.69, 9.17) is 28.3 Å². The number of aliphatic carboxylic acids is 1. The van der Waals surface area contributed by atoms with Gasteiger partial charge in [-0.1, -0.05) is 48.5 Å². The number of halogens is 2. The summed E-state index contributed by atoms with van der Waals surface area (Å²) < 4.78 is 0. The number of aldehydes is 1. The number of carbonyl (C=O) groups excluding carboxylic acids is 1. The van der Waals surface area contributed by atoms with E-state index in [9.17, 15) is 9.59 Å². The monoisotopic (exact) mass is 302 g/mol. The Kier molecular flexibility index (Phi) is 6.89. The molecule has 0 unspecified atom stereocenters. The molecule has 3 nitrogen and oxygen atoms in total. The van der Waals surface area contributed by atoms with Crippen molar-refractivity contribution in [2.75, 3.05) is 0 Å². The zero-order valence-electron chi connectivity index (χ0n) is 10.4. The summed E-state index contributed by atoms with van der Waals surface area (Å²) in [5.41, 5.74) is 0.536. The number of hydrogen-bond acceptors (Lipinski definition) is 2. The van der Waals surface area contributed by atoms with Crippen LogP contribution in [0.15, 0.2) is 18.2 Å². The maximum Gasteiger partial charge on any atom is 0.306 e. The first-order valence-corrected chi connectivity index (χ1v) is 6.93. The van der Waals surface area contributed by atoms with Gasteiger partial charge < -0.3 is 5.11 Å². The summed E-state index contributed by atoms with van der Waals surface area (Å²) in [6.45, 7) is 0. The van der Waals surface area contributed by atoms with Crippen LogP contribution in [0.1, 0.15) is 42.5 Å². The van der Waals surface area contributed by atoms with Crippen LogP contribution in [0.25, 0.3) is 0 Å². The lowest BCUT2D eigenvalue weighted by atomic mass is 9.90. The molecule has 1 fully saturated rings. The molecular weight excluding hydrogens is 287 g/mol. The van der Waals surface area contributed by atoms with Crippen molar-refractivity contribution in [3.8, 4) is 0 Å². The van der Waals surface area contributed by atoms with Crippen LogP contribution in [-0.4, -0.2) is 17.4 Å². The van der Waals surface area contributed by atoms with Crippen LogP contribution in [0.2, 0.25) is 10.0 Å². The highest BCUT2D eigenvalue weighted by Gasteiger charge is 2.19. The van der Waals surface area contributed by atoms with Gasteiger partial charge >= 0.3 is 5.97 Å². The summed E-state index contributed by atoms with van der Waals surface area (Å²) in [5, 5.41) is 9.41. The topological polar surface area (TPSA) is 54.4 Å². The summed E-state index contributed by atoms with van der Waals surface area (Å²) >= 11 is 11.2. The molecular formula is C14H16Cl2O3. The van der Waals surface area contributed by atoms with Crippen LogP contribution in [0.5, 0.6) is 0 Å². The van der Waals surface area contributed by atoms with Crippen molar-refractivity contribution in [2.24, 2.45) is 5.92 Å². The molecule has 0 amide bonds. The Balaban J connectivity index is 0.000000191. The van der Waals surface area contributed by atoms with Crippen LogP contribution < -0.4 is 0 Å². The quantitative estimate of drug-likeness (QED) is 0.821. The summed E-state index contributed by atoms with van der Waals surface area (Å²) in [6.07, 6.45) is 5.96. The van der Waals surface area contributed by atoms with Crippen LogP contribution in [-0.2, 0) is 4.79 Å². The van der Waals surface area contributed by atoms with Gasteiger partial charge in [0.2, 0.25) is 0 Å². The minimum Gasteiger partial charge on any atom is -0.481 e. The summed E-state index contributed by atoms with van der Waals surface area (Å²) in [7, 11) is 0. The molecule has 2 rings (SSSR count). The molecule has 0 heterocycles. The van der Waals surface area contributed by atoms with Gasteiger partial charge in [-0.2, -0.15) is 0 Å². The minimum atomic E-state index is -0.602. The minimum absolute atomic E-state index is 0.0289. The van der Waals surface area contributed by atoms with Gasteiger partial charge in [-0.3, -0.25) is 9.59 Å². The summed E-state index contributed by atoms with van der Waals surface area (Å²) in [5.74, 6) is -0.631. The van der Waals surface area contributed by atoms with E-state index >= 15 is 0 Å². The van der Waals surface area contributed by atoms with E-state index in [1.807, 2.05) is 0 Å². The maximum atomic E-state index is 10.4. The van der Waals surface area contributed by atoms with Crippen molar-refractivity contribution in [1.29, 1.82) is 0 Å². The molecule has 0 bridgehead atoms. The number of benzene rings is 1. The first-order chi connectivity index (χ1) is 9.04. The molecule has 1 aromatic rings. The zero-order valence-corrected chi connectivity index (χ0v) is 12.0. The highest BCUT2D eigenvalue weighted by Crippen LogP contribution is 2.23. The first-order valence-electron chi connectivity index (χ1n) is 6.17. The third-order valence-electron chi connectivity index (χ3n) is 3.03. The maximum absolute atomic E-state index is 10.4. The van der Waals surface area contributed by atoms with E-state index in [1.54, 1.807) is 12.1 Å². The predicted octanol–water partition coefficient (Wildman–Crippen LogP) is 4.46. The smallest absolute Gasteiger partial charge is 0.306 e. The number of hydrogen-bond donors (Lipinski definition) is 1. The number of carboxylic acid groups (broad SMARTS) is 1. The highest BCUT2D eigenvalue weighted by atomic mass is 35.5. The third-order valence-corrected chi connectivity index (χ3v) is 3.77. The molecule has 0 saturated heterocycles. The Morgan fingerprint density at radius 3 is 2.21 bits per heavy atom. The van der Waals surface area contributed by atoms with Gasteiger partial charge in [0.15, 0.2) is 0 Å². The summed E-state index contributed by atoms with van der Waals surface area (Å²) in [4.78, 5) is 20.5. The Morgan fingerprint density at radius 2 is 1.79 bits per heavy atom. The molecule has 0 spiro atoms. The molecule has 0 aliphatic heterocycles. The zero-order chi connectivity index (χ0) is 14.3. The lowest BCUT2D eigenvalue weighted by molar-refractivity contribution is -0.142. The van der Waals surface area contributed by atoms with Crippen LogP contribution in [0.3, 0.4) is 0 Å². The molecule has 1 aliphatic carbocycles. The standard InChI is InChI=1S/C7H4Cl2O.C7H12O2/c8-6-2-1-5(4-10)3-7(6)9;8-7(9)6-4-2-1-3-5-6/h1-4H;6H,1-5H2,(H,8,9). The molecule has 104 valence electrons. The third kappa shape index (κ3) is 5.62. The second-order valence-corrected chi connectivity index (χ2v) is 5.28. The lowest BCUT2D eigenvalue weighted by Crippen LogP contribution is -2.16. The second kappa shape index (κ2) is 8.18. The first kappa shape index (κ1) is 16.0. The van der Waals surface area contributed by atoms with Crippen LogP contribution >= 0.6 is 23.2 Å². The van der Waals surface area contributed by atoms with E-state index in [0.29, 0.717) is 15.6 Å². The Labute approximate surface area is 122 Å². The fraction of sp³-hybridized carbons (Fsp3) is 0.429. The average Bonchev–Trinajstić information content (AvgIpc) is 2.43. The summed E-state index contributed by atoms with van der Waals surface area (Å²) in [6, 6.07) is 4.73. The molecule has 0 atom stereocenters. The van der Waals surface area contributed by atoms with E-state index < -0.39 is 5.97 Å². The van der Waals surface area contributed by atoms with Gasteiger partial charge in [-0.15, -0.1) is 0 Å². The van der Waals surface area contributed by atoms with E-state index in [0.717, 1.165) is 32.0 Å². The number of rotatable bonds is 2. The Morgan fingerprint density at radius 1 is 1.16 bits per heavy atom. The average molecular weight is 303 g/mol. The number of carboxylic acids is 1. The van der Waals surface area contributed by atoms with Crippen LogP contribution in [0.4, 0.5) is 0 Å². The van der Waals surface area contributed by atoms with E-state index in [2.05, 4.69) is 0 Å². The Bertz CT molecular complexity index is 440. The largest absolute Gasteiger partial charge is 0.481 e. The lowest BCUT2D eigenvalue weighted by Gasteiger charge is -2.16. The molecule has 5 heteroatoms. The van der Waals surface area contributed by atoms with Crippen molar-refractivity contribution < 1.29 is 14.7 Å². The van der Waals surface area contributed by atoms with Gasteiger partial charge in [0.1, 0.15) is 6.29 Å². The molecule has 1 N–H and O–H groups in total. The van der Waals surface area contributed by atoms with Gasteiger partial charge in [0, 0.05) is 5.56 Å². The molecule has 0 aromatic heterocycles. The van der Waals surface area contributed by atoms with Crippen molar-refractivity contribution in [3.63, 3.8) is 0 Å². The SMILES string of the molecule is O=C(O)C1CCCCC1.O=Cc1ccc(Cl)c(Cl)c1. The molecule has 1 aliphatic rings. The molecule has 1 aromatic carbocycles. The fourth-order valence-corrected chi connectivity index (χ4v) is 2.24.